The molecule has 0 N–H and O–H groups in total. The van der Waals surface area contributed by atoms with Crippen molar-refractivity contribution in [3.8, 4) is 0 Å². The van der Waals surface area contributed by atoms with Crippen LogP contribution in [0.1, 0.15) is 34.6 Å². The summed E-state index contributed by atoms with van der Waals surface area (Å²) in [7, 11) is -1.56. The standard InChI is InChI=1S/C10H24OSSi/c1-9(2,3)13(6,7)11-8-10(4,5)12/h12H,8H2,1-7H3. The molecule has 0 saturated carbocycles. The maximum absolute atomic E-state index is 6.02. The Hall–Kier alpha value is 0.527. The van der Waals surface area contributed by atoms with Gasteiger partial charge in [-0.15, -0.1) is 0 Å². The second-order valence-electron chi connectivity index (χ2n) is 5.86. The lowest BCUT2D eigenvalue weighted by Crippen LogP contribution is -2.43. The van der Waals surface area contributed by atoms with Gasteiger partial charge in [0.25, 0.3) is 0 Å². The minimum atomic E-state index is -1.56. The first kappa shape index (κ1) is 13.5. The molecule has 0 aliphatic heterocycles. The van der Waals surface area contributed by atoms with Crippen LogP contribution >= 0.6 is 12.6 Å². The minimum Gasteiger partial charge on any atom is -0.415 e. The van der Waals surface area contributed by atoms with Crippen LogP contribution in [0.5, 0.6) is 0 Å². The first-order valence-electron chi connectivity index (χ1n) is 4.82. The van der Waals surface area contributed by atoms with Crippen molar-refractivity contribution in [3.63, 3.8) is 0 Å². The fraction of sp³-hybridized carbons (Fsp3) is 1.00. The van der Waals surface area contributed by atoms with Gasteiger partial charge in [0, 0.05) is 11.4 Å². The van der Waals surface area contributed by atoms with Gasteiger partial charge in [0.1, 0.15) is 0 Å². The van der Waals surface area contributed by atoms with Crippen molar-refractivity contribution in [3.05, 3.63) is 0 Å². The van der Waals surface area contributed by atoms with E-state index in [1.807, 2.05) is 0 Å². The van der Waals surface area contributed by atoms with Gasteiger partial charge in [0.2, 0.25) is 0 Å². The van der Waals surface area contributed by atoms with Crippen LogP contribution in [0.2, 0.25) is 18.1 Å². The van der Waals surface area contributed by atoms with E-state index in [0.717, 1.165) is 6.61 Å². The molecule has 0 heterocycles. The summed E-state index contributed by atoms with van der Waals surface area (Å²) < 4.78 is 6.00. The van der Waals surface area contributed by atoms with Crippen LogP contribution < -0.4 is 0 Å². The smallest absolute Gasteiger partial charge is 0.192 e. The predicted octanol–water partition coefficient (Wildman–Crippen LogP) is 3.72. The van der Waals surface area contributed by atoms with Crippen molar-refractivity contribution in [2.45, 2.75) is 57.5 Å². The molecule has 0 spiro atoms. The van der Waals surface area contributed by atoms with Gasteiger partial charge in [-0.05, 0) is 32.0 Å². The summed E-state index contributed by atoms with van der Waals surface area (Å²) in [6.45, 7) is 16.2. The summed E-state index contributed by atoms with van der Waals surface area (Å²) in [5.74, 6) is 0. The van der Waals surface area contributed by atoms with Crippen LogP contribution in [-0.2, 0) is 4.43 Å². The van der Waals surface area contributed by atoms with E-state index in [1.165, 1.54) is 0 Å². The van der Waals surface area contributed by atoms with Crippen LogP contribution in [0.15, 0.2) is 0 Å². The maximum Gasteiger partial charge on any atom is 0.192 e. The molecule has 0 fully saturated rings. The Morgan fingerprint density at radius 2 is 1.46 bits per heavy atom. The van der Waals surface area contributed by atoms with E-state index in [2.05, 4.69) is 60.3 Å². The van der Waals surface area contributed by atoms with E-state index >= 15 is 0 Å². The molecule has 0 amide bonds. The van der Waals surface area contributed by atoms with E-state index < -0.39 is 8.32 Å². The lowest BCUT2D eigenvalue weighted by Gasteiger charge is -2.38. The summed E-state index contributed by atoms with van der Waals surface area (Å²) in [4.78, 5) is 0. The molecular weight excluding hydrogens is 196 g/mol. The molecule has 0 unspecified atom stereocenters. The first-order valence-corrected chi connectivity index (χ1v) is 8.18. The van der Waals surface area contributed by atoms with Gasteiger partial charge in [0.15, 0.2) is 8.32 Å². The van der Waals surface area contributed by atoms with Crippen molar-refractivity contribution < 1.29 is 4.43 Å². The lowest BCUT2D eigenvalue weighted by molar-refractivity contribution is 0.263. The molecule has 0 aliphatic rings. The van der Waals surface area contributed by atoms with Crippen molar-refractivity contribution >= 4 is 20.9 Å². The highest BCUT2D eigenvalue weighted by molar-refractivity contribution is 7.81. The molecule has 13 heavy (non-hydrogen) atoms. The average molecular weight is 220 g/mol. The zero-order valence-corrected chi connectivity index (χ0v) is 12.0. The van der Waals surface area contributed by atoms with Crippen LogP contribution in [0.25, 0.3) is 0 Å². The monoisotopic (exact) mass is 220 g/mol. The summed E-state index contributed by atoms with van der Waals surface area (Å²) in [6, 6.07) is 0. The molecule has 1 nitrogen and oxygen atoms in total. The molecule has 0 aromatic carbocycles. The van der Waals surface area contributed by atoms with Crippen molar-refractivity contribution in [1.82, 2.24) is 0 Å². The molecule has 0 aliphatic carbocycles. The van der Waals surface area contributed by atoms with E-state index in [9.17, 15) is 0 Å². The maximum atomic E-state index is 6.02. The molecule has 0 bridgehead atoms. The lowest BCUT2D eigenvalue weighted by atomic mass is 10.2. The fourth-order valence-electron chi connectivity index (χ4n) is 0.574. The quantitative estimate of drug-likeness (QED) is 0.563. The topological polar surface area (TPSA) is 9.23 Å². The molecule has 0 saturated heterocycles. The highest BCUT2D eigenvalue weighted by Crippen LogP contribution is 2.37. The third kappa shape index (κ3) is 5.08. The molecule has 0 aromatic rings. The summed E-state index contributed by atoms with van der Waals surface area (Å²) in [6.07, 6.45) is 0. The number of hydrogen-bond donors (Lipinski definition) is 1. The van der Waals surface area contributed by atoms with Crippen LogP contribution in [0.4, 0.5) is 0 Å². The minimum absolute atomic E-state index is 0.0183. The Labute approximate surface area is 89.8 Å². The van der Waals surface area contributed by atoms with Crippen molar-refractivity contribution in [2.24, 2.45) is 0 Å². The van der Waals surface area contributed by atoms with Gasteiger partial charge < -0.3 is 4.43 Å². The summed E-state index contributed by atoms with van der Waals surface area (Å²) in [5.41, 5.74) is 0. The van der Waals surface area contributed by atoms with E-state index in [1.54, 1.807) is 0 Å². The van der Waals surface area contributed by atoms with E-state index in [0.29, 0.717) is 5.04 Å². The molecule has 0 radical (unpaired) electrons. The fourth-order valence-corrected chi connectivity index (χ4v) is 1.91. The summed E-state index contributed by atoms with van der Waals surface area (Å²) in [5, 5.41) is 0.298. The Kier molecular flexibility index (Phi) is 4.11. The second-order valence-corrected chi connectivity index (χ2v) is 11.9. The molecule has 0 rings (SSSR count). The second kappa shape index (κ2) is 3.95. The van der Waals surface area contributed by atoms with Crippen LogP contribution in [0.3, 0.4) is 0 Å². The predicted molar refractivity (Wildman–Crippen MR) is 66.2 cm³/mol. The van der Waals surface area contributed by atoms with E-state index in [4.69, 9.17) is 4.43 Å². The molecule has 3 heteroatoms. The Morgan fingerprint density at radius 3 is 1.69 bits per heavy atom. The SMILES string of the molecule is CC(C)(S)CO[Si](C)(C)C(C)(C)C. The van der Waals surface area contributed by atoms with Crippen LogP contribution in [-0.4, -0.2) is 19.7 Å². The van der Waals surface area contributed by atoms with Crippen molar-refractivity contribution in [1.29, 1.82) is 0 Å². The van der Waals surface area contributed by atoms with Gasteiger partial charge in [0.05, 0.1) is 0 Å². The van der Waals surface area contributed by atoms with Crippen LogP contribution in [0, 0.1) is 0 Å². The summed E-state index contributed by atoms with van der Waals surface area (Å²) >= 11 is 4.46. The van der Waals surface area contributed by atoms with Gasteiger partial charge in [-0.25, -0.2) is 0 Å². The van der Waals surface area contributed by atoms with Gasteiger partial charge in [-0.1, -0.05) is 20.8 Å². The highest BCUT2D eigenvalue weighted by Gasteiger charge is 2.37. The normalized spacial score (nSPS) is 14.8. The van der Waals surface area contributed by atoms with Gasteiger partial charge >= 0.3 is 0 Å². The zero-order chi connectivity index (χ0) is 10.9. The average Bonchev–Trinajstić information content (AvgIpc) is 1.79. The van der Waals surface area contributed by atoms with E-state index in [-0.39, 0.29) is 4.75 Å². The Bertz CT molecular complexity index is 165. The third-order valence-electron chi connectivity index (χ3n) is 2.59. The first-order chi connectivity index (χ1) is 5.46. The van der Waals surface area contributed by atoms with Gasteiger partial charge in [-0.3, -0.25) is 0 Å². The largest absolute Gasteiger partial charge is 0.415 e. The number of thiol groups is 1. The Morgan fingerprint density at radius 1 is 1.08 bits per heavy atom. The molecular formula is C10H24OSSi. The number of hydrogen-bond acceptors (Lipinski definition) is 2. The zero-order valence-electron chi connectivity index (χ0n) is 10.1. The highest BCUT2D eigenvalue weighted by atomic mass is 32.1. The third-order valence-corrected chi connectivity index (χ3v) is 7.20. The molecule has 80 valence electrons. The van der Waals surface area contributed by atoms with Gasteiger partial charge in [-0.2, -0.15) is 12.6 Å². The number of rotatable bonds is 3. The molecule has 0 atom stereocenters. The molecule has 0 aromatic heterocycles. The Balaban J connectivity index is 4.21. The van der Waals surface area contributed by atoms with Crippen molar-refractivity contribution in [2.75, 3.05) is 6.61 Å².